The van der Waals surface area contributed by atoms with E-state index in [4.69, 9.17) is 9.53 Å². The summed E-state index contributed by atoms with van der Waals surface area (Å²) >= 11 is 1.51. The SMILES string of the molecule is CNc1cccc(SC)c1COc1ncccc1C(F)(F)F.NNC=O. The van der Waals surface area contributed by atoms with E-state index in [1.807, 2.05) is 24.5 Å². The number of amides is 1. The minimum absolute atomic E-state index is 0.00722. The van der Waals surface area contributed by atoms with Gasteiger partial charge in [-0.3, -0.25) is 10.2 Å². The number of ether oxygens (including phenoxy) is 1. The first-order valence-electron chi connectivity index (χ1n) is 7.27. The van der Waals surface area contributed by atoms with Crippen LogP contribution in [0.4, 0.5) is 18.9 Å². The fourth-order valence-corrected chi connectivity index (χ4v) is 2.63. The van der Waals surface area contributed by atoms with Crippen LogP contribution in [0.2, 0.25) is 0 Å². The second-order valence-electron chi connectivity index (χ2n) is 4.66. The van der Waals surface area contributed by atoms with Gasteiger partial charge in [0.2, 0.25) is 12.3 Å². The van der Waals surface area contributed by atoms with Gasteiger partial charge in [0.25, 0.3) is 0 Å². The fraction of sp³-hybridized carbons (Fsp3) is 0.250. The summed E-state index contributed by atoms with van der Waals surface area (Å²) in [6, 6.07) is 7.82. The molecule has 0 unspecified atom stereocenters. The van der Waals surface area contributed by atoms with Gasteiger partial charge in [0.05, 0.1) is 0 Å². The molecule has 1 amide bonds. The maximum absolute atomic E-state index is 12.9. The lowest BCUT2D eigenvalue weighted by atomic mass is 10.2. The average Bonchev–Trinajstić information content (AvgIpc) is 2.65. The van der Waals surface area contributed by atoms with Crippen molar-refractivity contribution in [1.29, 1.82) is 0 Å². The van der Waals surface area contributed by atoms with E-state index in [0.29, 0.717) is 6.41 Å². The van der Waals surface area contributed by atoms with Crippen molar-refractivity contribution in [2.24, 2.45) is 5.84 Å². The van der Waals surface area contributed by atoms with Crippen LogP contribution in [0, 0.1) is 0 Å². The van der Waals surface area contributed by atoms with Crippen molar-refractivity contribution >= 4 is 23.9 Å². The van der Waals surface area contributed by atoms with Gasteiger partial charge in [-0.25, -0.2) is 10.8 Å². The summed E-state index contributed by atoms with van der Waals surface area (Å²) in [5.74, 6) is 4.00. The number of carbonyl (C=O) groups excluding carboxylic acids is 1. The molecule has 2 aromatic rings. The van der Waals surface area contributed by atoms with Crippen LogP contribution in [0.25, 0.3) is 0 Å². The second-order valence-corrected chi connectivity index (χ2v) is 5.51. The first-order chi connectivity index (χ1) is 12.4. The number of halogens is 3. The summed E-state index contributed by atoms with van der Waals surface area (Å²) < 4.78 is 44.1. The third-order valence-corrected chi connectivity index (χ3v) is 3.94. The summed E-state index contributed by atoms with van der Waals surface area (Å²) in [6.07, 6.45) is -0.904. The number of aromatic nitrogens is 1. The van der Waals surface area contributed by atoms with E-state index in [1.165, 1.54) is 24.0 Å². The quantitative estimate of drug-likeness (QED) is 0.232. The Morgan fingerprint density at radius 1 is 1.31 bits per heavy atom. The molecule has 0 spiro atoms. The highest BCUT2D eigenvalue weighted by Crippen LogP contribution is 2.35. The standard InChI is InChI=1S/C15H15F3N2OS.CH4N2O/c1-19-12-6-3-7-13(22-2)10(12)9-21-14-11(15(16,17)18)5-4-8-20-14;2-3-1-4/h3-8,19H,9H2,1-2H3;1H,2H2,(H,3,4). The maximum atomic E-state index is 12.9. The normalized spacial score (nSPS) is 10.4. The number of hydrazine groups is 1. The highest BCUT2D eigenvalue weighted by Gasteiger charge is 2.35. The first-order valence-corrected chi connectivity index (χ1v) is 8.49. The Hall–Kier alpha value is -2.46. The molecule has 0 atom stereocenters. The Morgan fingerprint density at radius 3 is 2.54 bits per heavy atom. The van der Waals surface area contributed by atoms with Crippen LogP contribution in [0.5, 0.6) is 5.88 Å². The van der Waals surface area contributed by atoms with Crippen LogP contribution >= 0.6 is 11.8 Å². The number of nitrogens with one attached hydrogen (secondary N) is 2. The number of benzene rings is 1. The van der Waals surface area contributed by atoms with Crippen LogP contribution in [0.3, 0.4) is 0 Å². The molecule has 142 valence electrons. The van der Waals surface area contributed by atoms with Crippen molar-refractivity contribution in [2.45, 2.75) is 17.7 Å². The number of thioether (sulfide) groups is 1. The van der Waals surface area contributed by atoms with Gasteiger partial charge in [-0.1, -0.05) is 6.07 Å². The molecular formula is C16H19F3N4O2S. The number of nitrogens with zero attached hydrogens (tertiary/aromatic N) is 1. The molecule has 0 aliphatic rings. The number of carbonyl (C=O) groups is 1. The van der Waals surface area contributed by atoms with Crippen molar-refractivity contribution in [3.63, 3.8) is 0 Å². The number of hydrogen-bond donors (Lipinski definition) is 3. The van der Waals surface area contributed by atoms with E-state index in [0.717, 1.165) is 22.2 Å². The Labute approximate surface area is 153 Å². The molecule has 1 heterocycles. The number of pyridine rings is 1. The fourth-order valence-electron chi connectivity index (χ4n) is 2.00. The van der Waals surface area contributed by atoms with Crippen molar-refractivity contribution < 1.29 is 22.7 Å². The summed E-state index contributed by atoms with van der Waals surface area (Å²) in [7, 11) is 1.75. The summed E-state index contributed by atoms with van der Waals surface area (Å²) in [5.41, 5.74) is 2.50. The van der Waals surface area contributed by atoms with Crippen LogP contribution in [-0.4, -0.2) is 24.7 Å². The van der Waals surface area contributed by atoms with Crippen molar-refractivity contribution in [3.05, 3.63) is 47.7 Å². The number of anilines is 1. The molecule has 26 heavy (non-hydrogen) atoms. The lowest BCUT2D eigenvalue weighted by molar-refractivity contribution is -0.139. The molecule has 6 nitrogen and oxygen atoms in total. The van der Waals surface area contributed by atoms with Crippen molar-refractivity contribution in [2.75, 3.05) is 18.6 Å². The van der Waals surface area contributed by atoms with Gasteiger partial charge < -0.3 is 10.1 Å². The molecule has 2 rings (SSSR count). The largest absolute Gasteiger partial charge is 0.472 e. The Kier molecular flexibility index (Phi) is 8.73. The van der Waals surface area contributed by atoms with Gasteiger partial charge in [-0.15, -0.1) is 11.8 Å². The van der Waals surface area contributed by atoms with Crippen molar-refractivity contribution in [1.82, 2.24) is 10.4 Å². The Morgan fingerprint density at radius 2 is 2.00 bits per heavy atom. The van der Waals surface area contributed by atoms with E-state index >= 15 is 0 Å². The number of alkyl halides is 3. The van der Waals surface area contributed by atoms with E-state index in [-0.39, 0.29) is 6.61 Å². The number of nitrogens with two attached hydrogens (primary N) is 1. The Balaban J connectivity index is 0.000000765. The van der Waals surface area contributed by atoms with Gasteiger partial charge in [-0.05, 0) is 30.5 Å². The molecular weight excluding hydrogens is 369 g/mol. The minimum atomic E-state index is -4.49. The predicted octanol–water partition coefficient (Wildman–Crippen LogP) is 3.05. The zero-order valence-corrected chi connectivity index (χ0v) is 14.9. The van der Waals surface area contributed by atoms with Gasteiger partial charge in [0.15, 0.2) is 0 Å². The van der Waals surface area contributed by atoms with Gasteiger partial charge in [-0.2, -0.15) is 13.2 Å². The molecule has 0 aliphatic carbocycles. The van der Waals surface area contributed by atoms with Crippen molar-refractivity contribution in [3.8, 4) is 5.88 Å². The van der Waals surface area contributed by atoms with E-state index in [9.17, 15) is 13.2 Å². The second kappa shape index (κ2) is 10.5. The number of rotatable bonds is 6. The lowest BCUT2D eigenvalue weighted by Gasteiger charge is -2.16. The molecule has 0 saturated heterocycles. The number of hydrogen-bond acceptors (Lipinski definition) is 6. The minimum Gasteiger partial charge on any atom is -0.472 e. The van der Waals surface area contributed by atoms with Gasteiger partial charge >= 0.3 is 6.18 Å². The van der Waals surface area contributed by atoms with E-state index < -0.39 is 17.6 Å². The summed E-state index contributed by atoms with van der Waals surface area (Å²) in [5, 5.41) is 3.02. The highest BCUT2D eigenvalue weighted by atomic mass is 32.2. The van der Waals surface area contributed by atoms with Crippen LogP contribution in [-0.2, 0) is 17.6 Å². The monoisotopic (exact) mass is 388 g/mol. The summed E-state index contributed by atoms with van der Waals surface area (Å²) in [6.45, 7) is 0.00722. The van der Waals surface area contributed by atoms with Crippen LogP contribution < -0.4 is 21.3 Å². The van der Waals surface area contributed by atoms with Gasteiger partial charge in [0.1, 0.15) is 12.2 Å². The average molecular weight is 388 g/mol. The van der Waals surface area contributed by atoms with E-state index in [2.05, 4.69) is 16.1 Å². The molecule has 0 aliphatic heterocycles. The zero-order valence-electron chi connectivity index (χ0n) is 14.1. The van der Waals surface area contributed by atoms with E-state index in [1.54, 1.807) is 12.5 Å². The smallest absolute Gasteiger partial charge is 0.421 e. The molecule has 0 fully saturated rings. The molecule has 0 saturated carbocycles. The predicted molar refractivity (Wildman–Crippen MR) is 94.7 cm³/mol. The molecule has 1 aromatic heterocycles. The van der Waals surface area contributed by atoms with Crippen LogP contribution in [0.15, 0.2) is 41.4 Å². The third kappa shape index (κ3) is 6.12. The molecule has 4 N–H and O–H groups in total. The highest BCUT2D eigenvalue weighted by molar-refractivity contribution is 7.98. The Bertz CT molecular complexity index is 692. The summed E-state index contributed by atoms with van der Waals surface area (Å²) in [4.78, 5) is 13.6. The zero-order chi connectivity index (χ0) is 19.6. The van der Waals surface area contributed by atoms with Crippen LogP contribution in [0.1, 0.15) is 11.1 Å². The first kappa shape index (κ1) is 21.6. The molecule has 0 bridgehead atoms. The molecule has 10 heteroatoms. The third-order valence-electron chi connectivity index (χ3n) is 3.12. The molecule has 0 radical (unpaired) electrons. The van der Waals surface area contributed by atoms with Gasteiger partial charge in [0, 0.05) is 29.4 Å². The lowest BCUT2D eigenvalue weighted by Crippen LogP contribution is -2.18. The maximum Gasteiger partial charge on any atom is 0.421 e. The topological polar surface area (TPSA) is 89.3 Å². The molecule has 1 aromatic carbocycles.